The Labute approximate surface area is 97.0 Å². The van der Waals surface area contributed by atoms with E-state index in [0.717, 1.165) is 17.9 Å². The standard InChI is InChI=1S/C11H18ClNS/c1-3-4-5-13-10-7-9(12)8(2)6-11(10)14/h6,9,13-14H,3-5,7H2,1-2H3. The van der Waals surface area contributed by atoms with Crippen molar-refractivity contribution in [3.8, 4) is 0 Å². The minimum Gasteiger partial charge on any atom is -0.387 e. The van der Waals surface area contributed by atoms with Crippen molar-refractivity contribution in [2.24, 2.45) is 0 Å². The molecule has 0 saturated heterocycles. The van der Waals surface area contributed by atoms with Gasteiger partial charge in [-0.1, -0.05) is 18.9 Å². The molecule has 0 spiro atoms. The van der Waals surface area contributed by atoms with Crippen LogP contribution in [0.25, 0.3) is 0 Å². The molecule has 1 nitrogen and oxygen atoms in total. The maximum absolute atomic E-state index is 6.16. The van der Waals surface area contributed by atoms with Crippen molar-refractivity contribution in [3.05, 3.63) is 22.3 Å². The molecule has 0 heterocycles. The average molecular weight is 232 g/mol. The van der Waals surface area contributed by atoms with E-state index in [4.69, 9.17) is 11.6 Å². The van der Waals surface area contributed by atoms with Crippen molar-refractivity contribution >= 4 is 24.2 Å². The van der Waals surface area contributed by atoms with Crippen LogP contribution in [0.5, 0.6) is 0 Å². The highest BCUT2D eigenvalue weighted by molar-refractivity contribution is 7.84. The summed E-state index contributed by atoms with van der Waals surface area (Å²) in [6.07, 6.45) is 5.34. The van der Waals surface area contributed by atoms with Gasteiger partial charge in [-0.05, 0) is 19.4 Å². The van der Waals surface area contributed by atoms with Crippen molar-refractivity contribution in [2.45, 2.75) is 38.5 Å². The predicted octanol–water partition coefficient (Wildman–Crippen LogP) is 3.47. The Balaban J connectivity index is 2.54. The summed E-state index contributed by atoms with van der Waals surface area (Å²) in [5.74, 6) is 0. The van der Waals surface area contributed by atoms with Gasteiger partial charge in [0.15, 0.2) is 0 Å². The fourth-order valence-electron chi connectivity index (χ4n) is 1.42. The molecule has 0 fully saturated rings. The molecular formula is C11H18ClNS. The smallest absolute Gasteiger partial charge is 0.0600 e. The van der Waals surface area contributed by atoms with E-state index >= 15 is 0 Å². The molecule has 0 aromatic heterocycles. The number of rotatable bonds is 4. The fourth-order valence-corrected chi connectivity index (χ4v) is 2.01. The summed E-state index contributed by atoms with van der Waals surface area (Å²) in [6, 6.07) is 0. The first kappa shape index (κ1) is 12.0. The second kappa shape index (κ2) is 5.72. The molecule has 0 amide bonds. The van der Waals surface area contributed by atoms with Crippen molar-refractivity contribution in [1.82, 2.24) is 5.32 Å². The molecule has 1 aliphatic carbocycles. The monoisotopic (exact) mass is 231 g/mol. The molecule has 3 heteroatoms. The first-order valence-corrected chi connectivity index (χ1v) is 6.01. The van der Waals surface area contributed by atoms with Crippen LogP contribution in [0.3, 0.4) is 0 Å². The van der Waals surface area contributed by atoms with Gasteiger partial charge in [-0.2, -0.15) is 0 Å². The van der Waals surface area contributed by atoms with Crippen LogP contribution in [0, 0.1) is 0 Å². The molecule has 0 aromatic rings. The Hall–Kier alpha value is -0.0800. The first-order chi connectivity index (χ1) is 6.65. The summed E-state index contributed by atoms with van der Waals surface area (Å²) in [4.78, 5) is 1.04. The lowest BCUT2D eigenvalue weighted by Gasteiger charge is -2.21. The zero-order chi connectivity index (χ0) is 10.6. The van der Waals surface area contributed by atoms with Gasteiger partial charge in [-0.3, -0.25) is 0 Å². The predicted molar refractivity (Wildman–Crippen MR) is 66.9 cm³/mol. The van der Waals surface area contributed by atoms with E-state index in [1.54, 1.807) is 0 Å². The molecular weight excluding hydrogens is 214 g/mol. The molecule has 1 aliphatic rings. The van der Waals surface area contributed by atoms with Crippen LogP contribution in [0.1, 0.15) is 33.1 Å². The fraction of sp³-hybridized carbons (Fsp3) is 0.636. The Kier molecular flexibility index (Phi) is 4.90. The molecule has 0 bridgehead atoms. The lowest BCUT2D eigenvalue weighted by Crippen LogP contribution is -2.21. The van der Waals surface area contributed by atoms with Crippen LogP contribution < -0.4 is 5.32 Å². The molecule has 1 N–H and O–H groups in total. The van der Waals surface area contributed by atoms with Crippen LogP contribution >= 0.6 is 24.2 Å². The van der Waals surface area contributed by atoms with Crippen LogP contribution in [0.2, 0.25) is 0 Å². The number of halogens is 1. The molecule has 1 atom stereocenters. The zero-order valence-corrected chi connectivity index (χ0v) is 10.5. The number of hydrogen-bond acceptors (Lipinski definition) is 2. The molecule has 0 saturated carbocycles. The number of unbranched alkanes of at least 4 members (excludes halogenated alkanes) is 1. The number of hydrogen-bond donors (Lipinski definition) is 2. The van der Waals surface area contributed by atoms with E-state index < -0.39 is 0 Å². The summed E-state index contributed by atoms with van der Waals surface area (Å²) in [6.45, 7) is 5.26. The molecule has 0 aromatic carbocycles. The van der Waals surface area contributed by atoms with Crippen LogP contribution in [-0.2, 0) is 0 Å². The molecule has 0 aliphatic heterocycles. The third kappa shape index (κ3) is 3.25. The Morgan fingerprint density at radius 1 is 1.64 bits per heavy atom. The quantitative estimate of drug-likeness (QED) is 0.429. The zero-order valence-electron chi connectivity index (χ0n) is 8.81. The second-order valence-electron chi connectivity index (χ2n) is 3.70. The summed E-state index contributed by atoms with van der Waals surface area (Å²) in [5, 5.41) is 3.53. The van der Waals surface area contributed by atoms with Crippen molar-refractivity contribution in [3.63, 3.8) is 0 Å². The van der Waals surface area contributed by atoms with E-state index in [2.05, 4.69) is 37.9 Å². The maximum Gasteiger partial charge on any atom is 0.0600 e. The minimum atomic E-state index is 0.134. The van der Waals surface area contributed by atoms with E-state index in [-0.39, 0.29) is 5.38 Å². The lowest BCUT2D eigenvalue weighted by molar-refractivity contribution is 0.678. The van der Waals surface area contributed by atoms with Crippen molar-refractivity contribution in [1.29, 1.82) is 0 Å². The highest BCUT2D eigenvalue weighted by atomic mass is 35.5. The molecule has 1 unspecified atom stereocenters. The highest BCUT2D eigenvalue weighted by Crippen LogP contribution is 2.28. The third-order valence-electron chi connectivity index (χ3n) is 2.42. The van der Waals surface area contributed by atoms with Gasteiger partial charge in [0.05, 0.1) is 5.38 Å². The Morgan fingerprint density at radius 2 is 2.36 bits per heavy atom. The van der Waals surface area contributed by atoms with Crippen LogP contribution in [0.4, 0.5) is 0 Å². The molecule has 14 heavy (non-hydrogen) atoms. The van der Waals surface area contributed by atoms with Crippen molar-refractivity contribution < 1.29 is 0 Å². The van der Waals surface area contributed by atoms with Gasteiger partial charge < -0.3 is 5.32 Å². The molecule has 0 radical (unpaired) electrons. The topological polar surface area (TPSA) is 12.0 Å². The Morgan fingerprint density at radius 3 is 3.00 bits per heavy atom. The number of allylic oxidation sites excluding steroid dienone is 3. The van der Waals surface area contributed by atoms with Gasteiger partial charge in [0.1, 0.15) is 0 Å². The Bertz CT molecular complexity index is 258. The summed E-state index contributed by atoms with van der Waals surface area (Å²) in [7, 11) is 0. The van der Waals surface area contributed by atoms with E-state index in [9.17, 15) is 0 Å². The van der Waals surface area contributed by atoms with E-state index in [1.807, 2.05) is 0 Å². The first-order valence-electron chi connectivity index (χ1n) is 5.13. The summed E-state index contributed by atoms with van der Waals surface area (Å²) >= 11 is 10.6. The maximum atomic E-state index is 6.16. The number of thiol groups is 1. The van der Waals surface area contributed by atoms with E-state index in [1.165, 1.54) is 24.1 Å². The van der Waals surface area contributed by atoms with E-state index in [0.29, 0.717) is 0 Å². The van der Waals surface area contributed by atoms with Crippen LogP contribution in [-0.4, -0.2) is 11.9 Å². The highest BCUT2D eigenvalue weighted by Gasteiger charge is 2.16. The minimum absolute atomic E-state index is 0.134. The lowest BCUT2D eigenvalue weighted by atomic mass is 10.0. The second-order valence-corrected chi connectivity index (χ2v) is 4.71. The van der Waals surface area contributed by atoms with Gasteiger partial charge in [0.2, 0.25) is 0 Å². The summed E-state index contributed by atoms with van der Waals surface area (Å²) in [5.41, 5.74) is 2.39. The van der Waals surface area contributed by atoms with Gasteiger partial charge in [-0.15, -0.1) is 24.2 Å². The third-order valence-corrected chi connectivity index (χ3v) is 3.32. The van der Waals surface area contributed by atoms with Gasteiger partial charge in [0.25, 0.3) is 0 Å². The van der Waals surface area contributed by atoms with Gasteiger partial charge >= 0.3 is 0 Å². The van der Waals surface area contributed by atoms with Gasteiger partial charge in [-0.25, -0.2) is 0 Å². The average Bonchev–Trinajstić information content (AvgIpc) is 2.14. The number of nitrogens with one attached hydrogen (secondary N) is 1. The van der Waals surface area contributed by atoms with Gasteiger partial charge in [0, 0.05) is 23.6 Å². The molecule has 80 valence electrons. The largest absolute Gasteiger partial charge is 0.387 e. The SMILES string of the molecule is CCCCNC1=C(S)C=C(C)C(Cl)C1. The summed E-state index contributed by atoms with van der Waals surface area (Å²) < 4.78 is 0. The van der Waals surface area contributed by atoms with Crippen LogP contribution in [0.15, 0.2) is 22.3 Å². The normalized spacial score (nSPS) is 22.3. The molecule has 1 rings (SSSR count). The van der Waals surface area contributed by atoms with Crippen molar-refractivity contribution in [2.75, 3.05) is 6.54 Å². The number of alkyl halides is 1.